The molecule has 0 saturated heterocycles. The van der Waals surface area contributed by atoms with Gasteiger partial charge in [0.2, 0.25) is 10.0 Å². The van der Waals surface area contributed by atoms with Crippen LogP contribution in [0, 0.1) is 0 Å². The molecule has 0 saturated carbocycles. The van der Waals surface area contributed by atoms with E-state index in [4.69, 9.17) is 4.74 Å². The van der Waals surface area contributed by atoms with Crippen LogP contribution in [0.3, 0.4) is 0 Å². The molecular formula is C17H19N3O5S. The molecular weight excluding hydrogens is 358 g/mol. The molecule has 2 aromatic carbocycles. The number of carbonyl (C=O) groups excluding carboxylic acids is 2. The third-order valence-electron chi connectivity index (χ3n) is 3.50. The molecule has 2 amide bonds. The Morgan fingerprint density at radius 2 is 1.46 bits per heavy atom. The fraction of sp³-hybridized carbons (Fsp3) is 0.176. The van der Waals surface area contributed by atoms with E-state index in [1.54, 1.807) is 18.2 Å². The van der Waals surface area contributed by atoms with Crippen molar-refractivity contribution in [3.05, 3.63) is 59.7 Å². The lowest BCUT2D eigenvalue weighted by atomic mass is 10.2. The lowest BCUT2D eigenvalue weighted by Crippen LogP contribution is -2.41. The van der Waals surface area contributed by atoms with Crippen LogP contribution >= 0.6 is 0 Å². The topological polar surface area (TPSA) is 105 Å². The highest BCUT2D eigenvalue weighted by Crippen LogP contribution is 2.15. The van der Waals surface area contributed by atoms with Gasteiger partial charge < -0.3 is 4.74 Å². The lowest BCUT2D eigenvalue weighted by Gasteiger charge is -2.12. The Balaban J connectivity index is 2.10. The third kappa shape index (κ3) is 4.38. The number of hydrogen-bond donors (Lipinski definition) is 2. The first-order chi connectivity index (χ1) is 12.3. The van der Waals surface area contributed by atoms with Crippen LogP contribution < -0.4 is 15.6 Å². The molecule has 0 fully saturated rings. The number of hydrazine groups is 1. The Morgan fingerprint density at radius 1 is 0.923 bits per heavy atom. The molecule has 0 aliphatic rings. The lowest BCUT2D eigenvalue weighted by molar-refractivity contribution is 0.0846. The molecule has 0 heterocycles. The van der Waals surface area contributed by atoms with Crippen molar-refractivity contribution in [3.63, 3.8) is 0 Å². The van der Waals surface area contributed by atoms with Gasteiger partial charge in [0.15, 0.2) is 0 Å². The van der Waals surface area contributed by atoms with E-state index in [0.29, 0.717) is 11.3 Å². The van der Waals surface area contributed by atoms with Crippen molar-refractivity contribution in [2.45, 2.75) is 4.90 Å². The van der Waals surface area contributed by atoms with Crippen LogP contribution in [0.1, 0.15) is 20.7 Å². The molecule has 0 aliphatic carbocycles. The first kappa shape index (κ1) is 19.4. The smallest absolute Gasteiger partial charge is 0.269 e. The maximum atomic E-state index is 12.2. The van der Waals surface area contributed by atoms with E-state index >= 15 is 0 Å². The maximum absolute atomic E-state index is 12.2. The number of sulfonamides is 1. The molecule has 8 nitrogen and oxygen atoms in total. The molecule has 26 heavy (non-hydrogen) atoms. The van der Waals surface area contributed by atoms with Crippen LogP contribution in [0.5, 0.6) is 5.75 Å². The van der Waals surface area contributed by atoms with E-state index in [9.17, 15) is 18.0 Å². The van der Waals surface area contributed by atoms with E-state index in [1.165, 1.54) is 51.5 Å². The number of nitrogens with one attached hydrogen (secondary N) is 2. The summed E-state index contributed by atoms with van der Waals surface area (Å²) in [6.07, 6.45) is 0. The Bertz CT molecular complexity index is 926. The predicted molar refractivity (Wildman–Crippen MR) is 95.2 cm³/mol. The molecule has 0 radical (unpaired) electrons. The van der Waals surface area contributed by atoms with Gasteiger partial charge in [-0.3, -0.25) is 20.4 Å². The van der Waals surface area contributed by atoms with Crippen molar-refractivity contribution in [2.75, 3.05) is 21.2 Å². The van der Waals surface area contributed by atoms with Crippen molar-refractivity contribution >= 4 is 21.8 Å². The minimum atomic E-state index is -3.66. The third-order valence-corrected chi connectivity index (χ3v) is 5.31. The van der Waals surface area contributed by atoms with E-state index in [1.807, 2.05) is 0 Å². The summed E-state index contributed by atoms with van der Waals surface area (Å²) in [7, 11) is 0.615. The summed E-state index contributed by atoms with van der Waals surface area (Å²) >= 11 is 0. The number of hydrogen-bond acceptors (Lipinski definition) is 5. The summed E-state index contributed by atoms with van der Waals surface area (Å²) < 4.78 is 30.3. The number of carbonyl (C=O) groups is 2. The molecule has 0 aliphatic heterocycles. The van der Waals surface area contributed by atoms with Gasteiger partial charge >= 0.3 is 0 Å². The van der Waals surface area contributed by atoms with Gasteiger partial charge in [-0.1, -0.05) is 12.1 Å². The van der Waals surface area contributed by atoms with Crippen LogP contribution in [0.4, 0.5) is 0 Å². The van der Waals surface area contributed by atoms with Crippen LogP contribution in [-0.2, 0) is 10.0 Å². The van der Waals surface area contributed by atoms with Gasteiger partial charge in [0.25, 0.3) is 11.8 Å². The van der Waals surface area contributed by atoms with Crippen LogP contribution in [0.2, 0.25) is 0 Å². The van der Waals surface area contributed by atoms with Gasteiger partial charge in [-0.25, -0.2) is 12.7 Å². The average Bonchev–Trinajstić information content (AvgIpc) is 2.65. The molecule has 2 aromatic rings. The zero-order valence-corrected chi connectivity index (χ0v) is 15.3. The first-order valence-electron chi connectivity index (χ1n) is 7.53. The molecule has 2 rings (SSSR count). The molecule has 0 spiro atoms. The highest BCUT2D eigenvalue weighted by Gasteiger charge is 2.19. The molecule has 0 bridgehead atoms. The standard InChI is InChI=1S/C17H19N3O5S/c1-20(2)26(23,24)15-9-5-7-13(11-15)17(22)19-18-16(21)12-6-4-8-14(10-12)25-3/h4-11H,1-3H3,(H,18,21)(H,19,22). The minimum Gasteiger partial charge on any atom is -0.497 e. The molecule has 0 aromatic heterocycles. The number of nitrogens with zero attached hydrogens (tertiary/aromatic N) is 1. The normalized spacial score (nSPS) is 11.1. The summed E-state index contributed by atoms with van der Waals surface area (Å²) in [6, 6.07) is 11.9. The molecule has 138 valence electrons. The van der Waals surface area contributed by atoms with E-state index in [2.05, 4.69) is 10.9 Å². The van der Waals surface area contributed by atoms with Gasteiger partial charge in [-0.05, 0) is 36.4 Å². The van der Waals surface area contributed by atoms with Crippen molar-refractivity contribution in [1.29, 1.82) is 0 Å². The second kappa shape index (κ2) is 7.98. The second-order valence-electron chi connectivity index (χ2n) is 5.46. The predicted octanol–water partition coefficient (Wildman–Crippen LogP) is 1.02. The number of benzene rings is 2. The number of rotatable bonds is 5. The van der Waals surface area contributed by atoms with E-state index in [0.717, 1.165) is 4.31 Å². The molecule has 9 heteroatoms. The van der Waals surface area contributed by atoms with Crippen LogP contribution in [0.15, 0.2) is 53.4 Å². The number of amides is 2. The molecule has 0 atom stereocenters. The van der Waals surface area contributed by atoms with Gasteiger partial charge in [-0.15, -0.1) is 0 Å². The summed E-state index contributed by atoms with van der Waals surface area (Å²) in [4.78, 5) is 24.3. The molecule has 0 unspecified atom stereocenters. The summed E-state index contributed by atoms with van der Waals surface area (Å²) in [5.74, 6) is -0.670. The highest BCUT2D eigenvalue weighted by atomic mass is 32.2. The van der Waals surface area contributed by atoms with Gasteiger partial charge in [0.05, 0.1) is 12.0 Å². The summed E-state index contributed by atoms with van der Waals surface area (Å²) in [5.41, 5.74) is 4.93. The zero-order valence-electron chi connectivity index (χ0n) is 14.5. The van der Waals surface area contributed by atoms with Crippen molar-refractivity contribution < 1.29 is 22.7 Å². The maximum Gasteiger partial charge on any atom is 0.269 e. The summed E-state index contributed by atoms with van der Waals surface area (Å²) in [5, 5.41) is 0. The van der Waals surface area contributed by atoms with Crippen molar-refractivity contribution in [3.8, 4) is 5.75 Å². The second-order valence-corrected chi connectivity index (χ2v) is 7.61. The Morgan fingerprint density at radius 3 is 2.00 bits per heavy atom. The Hall–Kier alpha value is -2.91. The SMILES string of the molecule is COc1cccc(C(=O)NNC(=O)c2cccc(S(=O)(=O)N(C)C)c2)c1. The number of ether oxygens (including phenoxy) is 1. The Labute approximate surface area is 151 Å². The van der Waals surface area contributed by atoms with Crippen molar-refractivity contribution in [2.24, 2.45) is 0 Å². The van der Waals surface area contributed by atoms with Crippen molar-refractivity contribution in [1.82, 2.24) is 15.2 Å². The van der Waals surface area contributed by atoms with Crippen LogP contribution in [0.25, 0.3) is 0 Å². The van der Waals surface area contributed by atoms with E-state index in [-0.39, 0.29) is 10.5 Å². The minimum absolute atomic E-state index is 0.0192. The summed E-state index contributed by atoms with van der Waals surface area (Å²) in [6.45, 7) is 0. The number of methoxy groups -OCH3 is 1. The van der Waals surface area contributed by atoms with Gasteiger partial charge in [0.1, 0.15) is 5.75 Å². The monoisotopic (exact) mass is 377 g/mol. The highest BCUT2D eigenvalue weighted by molar-refractivity contribution is 7.89. The fourth-order valence-electron chi connectivity index (χ4n) is 2.03. The van der Waals surface area contributed by atoms with Gasteiger partial charge in [-0.2, -0.15) is 0 Å². The average molecular weight is 377 g/mol. The largest absolute Gasteiger partial charge is 0.497 e. The first-order valence-corrected chi connectivity index (χ1v) is 8.97. The van der Waals surface area contributed by atoms with E-state index < -0.39 is 21.8 Å². The van der Waals surface area contributed by atoms with Gasteiger partial charge in [0, 0.05) is 25.2 Å². The quantitative estimate of drug-likeness (QED) is 0.757. The van der Waals surface area contributed by atoms with Crippen LogP contribution in [-0.4, -0.2) is 45.7 Å². The fourth-order valence-corrected chi connectivity index (χ4v) is 2.98. The molecule has 2 N–H and O–H groups in total. The Kier molecular flexibility index (Phi) is 5.96. The zero-order chi connectivity index (χ0) is 19.3.